The number of phenols is 1. The summed E-state index contributed by atoms with van der Waals surface area (Å²) in [6.45, 7) is 1.82. The second-order valence-electron chi connectivity index (χ2n) is 6.18. The van der Waals surface area contributed by atoms with Crippen LogP contribution in [-0.2, 0) is 0 Å². The van der Waals surface area contributed by atoms with Gasteiger partial charge in [0.2, 0.25) is 0 Å². The highest BCUT2D eigenvalue weighted by molar-refractivity contribution is 6.42. The lowest BCUT2D eigenvalue weighted by atomic mass is 10.0. The molecule has 2 heterocycles. The van der Waals surface area contributed by atoms with Gasteiger partial charge in [-0.05, 0) is 49.4 Å². The van der Waals surface area contributed by atoms with Crippen molar-refractivity contribution in [3.05, 3.63) is 80.6 Å². The van der Waals surface area contributed by atoms with E-state index in [2.05, 4.69) is 10.1 Å². The minimum absolute atomic E-state index is 0.114. The predicted octanol–water partition coefficient (Wildman–Crippen LogP) is 5.63. The molecule has 0 aliphatic rings. The number of halogens is 3. The maximum Gasteiger partial charge on any atom is 0.198 e. The van der Waals surface area contributed by atoms with Gasteiger partial charge in [0.15, 0.2) is 11.4 Å². The fourth-order valence-electron chi connectivity index (χ4n) is 2.91. The molecule has 0 fully saturated rings. The van der Waals surface area contributed by atoms with Crippen molar-refractivity contribution in [1.82, 2.24) is 14.8 Å². The Morgan fingerprint density at radius 3 is 2.57 bits per heavy atom. The van der Waals surface area contributed by atoms with Gasteiger partial charge >= 0.3 is 0 Å². The summed E-state index contributed by atoms with van der Waals surface area (Å²) in [5.41, 5.74) is 2.40. The maximum absolute atomic E-state index is 12.8. The molecular weight excluding hydrogens is 421 g/mol. The molecule has 0 bridgehead atoms. The minimum atomic E-state index is -0.379. The van der Waals surface area contributed by atoms with Gasteiger partial charge in [-0.1, -0.05) is 34.8 Å². The molecule has 0 atom stereocenters. The van der Waals surface area contributed by atoms with E-state index in [1.165, 1.54) is 24.4 Å². The predicted molar refractivity (Wildman–Crippen MR) is 110 cm³/mol. The van der Waals surface area contributed by atoms with Crippen LogP contribution in [0.3, 0.4) is 0 Å². The molecule has 0 spiro atoms. The lowest BCUT2D eigenvalue weighted by Crippen LogP contribution is -2.03. The molecule has 0 saturated carbocycles. The summed E-state index contributed by atoms with van der Waals surface area (Å²) >= 11 is 18.0. The summed E-state index contributed by atoms with van der Waals surface area (Å²) < 4.78 is 1.64. The van der Waals surface area contributed by atoms with Crippen LogP contribution < -0.4 is 0 Å². The normalized spacial score (nSPS) is 11.1. The van der Waals surface area contributed by atoms with Crippen molar-refractivity contribution >= 4 is 51.6 Å². The van der Waals surface area contributed by atoms with Crippen molar-refractivity contribution in [2.24, 2.45) is 0 Å². The molecular formula is C20H12Cl3N3O2. The SMILES string of the molecule is Cc1nn(-c2ccc(Cl)c(Cl)c2)c2ncc(C(=O)c3cc(Cl)ccc3O)cc12. The highest BCUT2D eigenvalue weighted by atomic mass is 35.5. The van der Waals surface area contributed by atoms with Crippen molar-refractivity contribution in [3.8, 4) is 11.4 Å². The number of phenolic OH excluding ortho intramolecular Hbond substituents is 1. The third-order valence-electron chi connectivity index (χ3n) is 4.32. The fraction of sp³-hybridized carbons (Fsp3) is 0.0500. The smallest absolute Gasteiger partial charge is 0.198 e. The van der Waals surface area contributed by atoms with E-state index in [1.54, 1.807) is 28.9 Å². The third kappa shape index (κ3) is 3.22. The number of nitrogens with zero attached hydrogens (tertiary/aromatic N) is 3. The van der Waals surface area contributed by atoms with Crippen LogP contribution in [0, 0.1) is 6.92 Å². The second kappa shape index (κ2) is 7.09. The highest BCUT2D eigenvalue weighted by Gasteiger charge is 2.18. The Morgan fingerprint density at radius 2 is 1.82 bits per heavy atom. The summed E-state index contributed by atoms with van der Waals surface area (Å²) in [4.78, 5) is 17.2. The zero-order valence-corrected chi connectivity index (χ0v) is 16.7. The molecule has 8 heteroatoms. The van der Waals surface area contributed by atoms with Crippen LogP contribution in [0.15, 0.2) is 48.7 Å². The number of aryl methyl sites for hydroxylation is 1. The van der Waals surface area contributed by atoms with E-state index in [4.69, 9.17) is 34.8 Å². The van der Waals surface area contributed by atoms with E-state index < -0.39 is 0 Å². The van der Waals surface area contributed by atoms with E-state index >= 15 is 0 Å². The molecule has 2 aromatic heterocycles. The van der Waals surface area contributed by atoms with Gasteiger partial charge in [0.1, 0.15) is 5.75 Å². The van der Waals surface area contributed by atoms with Crippen LogP contribution in [0.25, 0.3) is 16.7 Å². The molecule has 4 rings (SSSR count). The lowest BCUT2D eigenvalue weighted by Gasteiger charge is -2.06. The molecule has 2 aromatic carbocycles. The van der Waals surface area contributed by atoms with E-state index in [0.29, 0.717) is 43.0 Å². The molecule has 0 saturated heterocycles. The zero-order chi connectivity index (χ0) is 20.0. The summed E-state index contributed by atoms with van der Waals surface area (Å²) in [5, 5.41) is 16.4. The van der Waals surface area contributed by atoms with Crippen molar-refractivity contribution < 1.29 is 9.90 Å². The van der Waals surface area contributed by atoms with Gasteiger partial charge in [-0.15, -0.1) is 0 Å². The average Bonchev–Trinajstić information content (AvgIpc) is 3.01. The second-order valence-corrected chi connectivity index (χ2v) is 7.43. The first kappa shape index (κ1) is 18.7. The monoisotopic (exact) mass is 431 g/mol. The molecule has 4 aromatic rings. The first-order chi connectivity index (χ1) is 13.3. The molecule has 0 unspecified atom stereocenters. The number of fused-ring (bicyclic) bond motifs is 1. The molecule has 5 nitrogen and oxygen atoms in total. The van der Waals surface area contributed by atoms with Crippen LogP contribution in [0.5, 0.6) is 5.75 Å². The number of ketones is 1. The number of aromatic nitrogens is 3. The van der Waals surface area contributed by atoms with Crippen LogP contribution in [0.4, 0.5) is 0 Å². The molecule has 1 N–H and O–H groups in total. The standard InChI is InChI=1S/C20H12Cl3N3O2/c1-10-14-6-11(19(28)15-7-12(21)2-5-18(15)27)9-24-20(14)26(25-10)13-3-4-16(22)17(23)8-13/h2-9,27H,1H3. The first-order valence-electron chi connectivity index (χ1n) is 8.19. The number of hydrogen-bond acceptors (Lipinski definition) is 4. The van der Waals surface area contributed by atoms with Crippen LogP contribution >= 0.6 is 34.8 Å². The molecule has 28 heavy (non-hydrogen) atoms. The number of rotatable bonds is 3. The Bertz CT molecular complexity index is 1250. The first-order valence-corrected chi connectivity index (χ1v) is 9.32. The molecule has 140 valence electrons. The Labute approximate surface area is 175 Å². The topological polar surface area (TPSA) is 68.0 Å². The molecule has 0 aliphatic heterocycles. The molecule has 0 aliphatic carbocycles. The van der Waals surface area contributed by atoms with E-state index in [1.807, 2.05) is 6.92 Å². The van der Waals surface area contributed by atoms with Gasteiger partial charge in [0.05, 0.1) is 27.0 Å². The molecule has 0 radical (unpaired) electrons. The summed E-state index contributed by atoms with van der Waals surface area (Å²) in [5.74, 6) is -0.520. The number of benzene rings is 2. The minimum Gasteiger partial charge on any atom is -0.507 e. The van der Waals surface area contributed by atoms with Gasteiger partial charge in [-0.2, -0.15) is 5.10 Å². The maximum atomic E-state index is 12.8. The summed E-state index contributed by atoms with van der Waals surface area (Å²) in [6, 6.07) is 11.2. The van der Waals surface area contributed by atoms with Crippen molar-refractivity contribution in [3.63, 3.8) is 0 Å². The quantitative estimate of drug-likeness (QED) is 0.426. The van der Waals surface area contributed by atoms with E-state index in [-0.39, 0.29) is 17.1 Å². The van der Waals surface area contributed by atoms with Gasteiger partial charge in [-0.25, -0.2) is 9.67 Å². The summed E-state index contributed by atoms with van der Waals surface area (Å²) in [6.07, 6.45) is 1.44. The number of carbonyl (C=O) groups is 1. The number of aromatic hydroxyl groups is 1. The average molecular weight is 433 g/mol. The largest absolute Gasteiger partial charge is 0.507 e. The zero-order valence-electron chi connectivity index (χ0n) is 14.4. The fourth-order valence-corrected chi connectivity index (χ4v) is 3.37. The number of pyridine rings is 1. The Hall–Kier alpha value is -2.60. The van der Waals surface area contributed by atoms with E-state index in [9.17, 15) is 9.90 Å². The van der Waals surface area contributed by atoms with Crippen molar-refractivity contribution in [2.75, 3.05) is 0 Å². The third-order valence-corrected chi connectivity index (χ3v) is 5.29. The number of hydrogen-bond donors (Lipinski definition) is 1. The van der Waals surface area contributed by atoms with Gasteiger partial charge < -0.3 is 5.11 Å². The lowest BCUT2D eigenvalue weighted by molar-refractivity contribution is 0.103. The summed E-state index contributed by atoms with van der Waals surface area (Å²) in [7, 11) is 0. The van der Waals surface area contributed by atoms with Gasteiger partial charge in [0.25, 0.3) is 0 Å². The Kier molecular flexibility index (Phi) is 4.75. The van der Waals surface area contributed by atoms with E-state index in [0.717, 1.165) is 0 Å². The van der Waals surface area contributed by atoms with Gasteiger partial charge in [0, 0.05) is 22.2 Å². The molecule has 0 amide bonds. The van der Waals surface area contributed by atoms with Gasteiger partial charge in [-0.3, -0.25) is 4.79 Å². The van der Waals surface area contributed by atoms with Crippen molar-refractivity contribution in [2.45, 2.75) is 6.92 Å². The Balaban J connectivity index is 1.82. The highest BCUT2D eigenvalue weighted by Crippen LogP contribution is 2.29. The number of carbonyl (C=O) groups excluding carboxylic acids is 1. The Morgan fingerprint density at radius 1 is 1.04 bits per heavy atom. The van der Waals surface area contributed by atoms with Crippen LogP contribution in [0.2, 0.25) is 15.1 Å². The van der Waals surface area contributed by atoms with Crippen LogP contribution in [0.1, 0.15) is 21.6 Å². The van der Waals surface area contributed by atoms with Crippen LogP contribution in [-0.4, -0.2) is 25.7 Å². The van der Waals surface area contributed by atoms with Crippen molar-refractivity contribution in [1.29, 1.82) is 0 Å².